The van der Waals surface area contributed by atoms with Gasteiger partial charge in [0.15, 0.2) is 0 Å². The maximum Gasteiger partial charge on any atom is 0.323 e. The van der Waals surface area contributed by atoms with E-state index in [0.717, 1.165) is 62.4 Å². The van der Waals surface area contributed by atoms with Gasteiger partial charge in [-0.3, -0.25) is 23.9 Å². The van der Waals surface area contributed by atoms with Gasteiger partial charge in [-0.05, 0) is 97.7 Å². The summed E-state index contributed by atoms with van der Waals surface area (Å²) < 4.78 is 25.7. The molecule has 2 amide bonds. The number of carbonyl (C=O) groups excluding carboxylic acids is 3. The minimum absolute atomic E-state index is 0.00994. The Balaban J connectivity index is 1.04. The fourth-order valence-electron chi connectivity index (χ4n) is 8.22. The highest BCUT2D eigenvalue weighted by Gasteiger charge is 2.42. The molecule has 4 aromatic rings. The maximum atomic E-state index is 14.4. The molecular formula is C43H53N6O6P. The fourth-order valence-corrected chi connectivity index (χ4v) is 10.3. The Labute approximate surface area is 329 Å². The van der Waals surface area contributed by atoms with E-state index in [2.05, 4.69) is 31.9 Å². The number of pyridine rings is 1. The molecule has 4 heterocycles. The lowest BCUT2D eigenvalue weighted by atomic mass is 9.98. The van der Waals surface area contributed by atoms with Crippen molar-refractivity contribution in [3.8, 4) is 5.75 Å². The van der Waals surface area contributed by atoms with Gasteiger partial charge < -0.3 is 19.5 Å². The summed E-state index contributed by atoms with van der Waals surface area (Å²) in [7, 11) is -3.68. The molecule has 3 fully saturated rings. The smallest absolute Gasteiger partial charge is 0.323 e. The number of benzene rings is 3. The first-order valence-corrected chi connectivity index (χ1v) is 21.8. The van der Waals surface area contributed by atoms with Gasteiger partial charge in [-0.25, -0.2) is 15.5 Å². The first kappa shape index (κ1) is 39.6. The number of hydrogen-bond donors (Lipinski definition) is 3. The van der Waals surface area contributed by atoms with Gasteiger partial charge in [0.2, 0.25) is 5.91 Å². The fraction of sp³-hybridized carbons (Fsp3) is 0.442. The van der Waals surface area contributed by atoms with Crippen LogP contribution in [0.2, 0.25) is 0 Å². The zero-order chi connectivity index (χ0) is 39.1. The van der Waals surface area contributed by atoms with Gasteiger partial charge in [-0.15, -0.1) is 0 Å². The third-order valence-corrected chi connectivity index (χ3v) is 13.1. The van der Waals surface area contributed by atoms with Crippen molar-refractivity contribution in [1.29, 1.82) is 0 Å². The largest absolute Gasteiger partial charge is 0.465 e. The highest BCUT2D eigenvalue weighted by Crippen LogP contribution is 2.47. The van der Waals surface area contributed by atoms with Crippen LogP contribution in [0.25, 0.3) is 10.8 Å². The van der Waals surface area contributed by atoms with E-state index in [-0.39, 0.29) is 36.8 Å². The van der Waals surface area contributed by atoms with Crippen molar-refractivity contribution >= 4 is 36.1 Å². The zero-order valence-electron chi connectivity index (χ0n) is 32.3. The molecule has 0 bridgehead atoms. The Kier molecular flexibility index (Phi) is 12.8. The molecule has 12 nitrogen and oxygen atoms in total. The molecule has 3 unspecified atom stereocenters. The second kappa shape index (κ2) is 18.1. The molecule has 0 saturated carbocycles. The van der Waals surface area contributed by atoms with Gasteiger partial charge in [-0.1, -0.05) is 68.3 Å². The summed E-state index contributed by atoms with van der Waals surface area (Å²) in [6.45, 7) is 5.55. The molecule has 0 spiro atoms. The van der Waals surface area contributed by atoms with Crippen molar-refractivity contribution in [2.75, 3.05) is 19.7 Å². The number of hydrogen-bond acceptors (Lipinski definition) is 9. The molecule has 296 valence electrons. The molecule has 6 atom stereocenters. The Morgan fingerprint density at radius 3 is 2.57 bits per heavy atom. The number of aromatic nitrogens is 1. The normalized spacial score (nSPS) is 23.1. The summed E-state index contributed by atoms with van der Waals surface area (Å²) in [5, 5.41) is 9.96. The van der Waals surface area contributed by atoms with Crippen LogP contribution in [0.4, 0.5) is 0 Å². The summed E-state index contributed by atoms with van der Waals surface area (Å²) in [5.74, 6) is -0.0359. The van der Waals surface area contributed by atoms with Crippen molar-refractivity contribution in [3.63, 3.8) is 0 Å². The lowest BCUT2D eigenvalue weighted by Crippen LogP contribution is -2.58. The van der Waals surface area contributed by atoms with E-state index in [1.165, 1.54) is 5.56 Å². The van der Waals surface area contributed by atoms with Crippen LogP contribution in [-0.4, -0.2) is 76.7 Å². The van der Waals surface area contributed by atoms with Crippen molar-refractivity contribution in [2.45, 2.75) is 102 Å². The van der Waals surface area contributed by atoms with Gasteiger partial charge in [0.25, 0.3) is 5.91 Å². The molecule has 0 aliphatic carbocycles. The Bertz CT molecular complexity index is 2040. The van der Waals surface area contributed by atoms with Gasteiger partial charge in [-0.2, -0.15) is 0 Å². The molecule has 3 N–H and O–H groups in total. The minimum Gasteiger partial charge on any atom is -0.465 e. The standard InChI is InChI=1S/C43H53N6O6P/c1-3-24-54-43(52)30(2)47-56(53,55-38-12-5-4-6-13-38)29-31-15-16-32-17-18-33(26-36(32)25-31)41(50)45-39-14-8-7-11-37-19-20-40(49(37)42(39)51)46-48-23-21-35(28-48)34-10-9-22-44-27-34/h4-6,9-10,12-13,15-18,22,25-27,30,35,37,39-40,46H,3,7-8,11,14,19-21,23-24,28-29H2,1-2H3,(H,45,50)(H,47,53)/t30-,35?,37-,39?,40-,56?/m0/s1. The van der Waals surface area contributed by atoms with Gasteiger partial charge >= 0.3 is 13.5 Å². The van der Waals surface area contributed by atoms with Crippen LogP contribution in [-0.2, 0) is 25.1 Å². The molecule has 3 aromatic carbocycles. The average molecular weight is 781 g/mol. The molecule has 3 aliphatic heterocycles. The number of ether oxygens (including phenoxy) is 1. The summed E-state index contributed by atoms with van der Waals surface area (Å²) in [6.07, 6.45) is 10.6. The van der Waals surface area contributed by atoms with Gasteiger partial charge in [0.05, 0.1) is 18.9 Å². The van der Waals surface area contributed by atoms with E-state index >= 15 is 0 Å². The SMILES string of the molecule is CCCOC(=O)[C@H](C)NP(=O)(Cc1ccc2ccc(C(=O)NC3CCCC[C@H]4CC[C@@H](NN5CCC(c6cccnc6)C5)N4C3=O)cc2c1)Oc1ccccc1. The number of carbonyl (C=O) groups is 3. The van der Waals surface area contributed by atoms with Crippen LogP contribution in [0.15, 0.2) is 91.3 Å². The number of para-hydroxylation sites is 1. The van der Waals surface area contributed by atoms with Crippen molar-refractivity contribution in [3.05, 3.63) is 108 Å². The third kappa shape index (κ3) is 9.66. The summed E-state index contributed by atoms with van der Waals surface area (Å²) in [5.41, 5.74) is 6.06. The second-order valence-corrected chi connectivity index (χ2v) is 17.4. The van der Waals surface area contributed by atoms with E-state index < -0.39 is 25.6 Å². The summed E-state index contributed by atoms with van der Waals surface area (Å²) >= 11 is 0. The van der Waals surface area contributed by atoms with E-state index in [1.54, 1.807) is 49.5 Å². The predicted octanol–water partition coefficient (Wildman–Crippen LogP) is 6.92. The van der Waals surface area contributed by atoms with Crippen molar-refractivity contribution in [2.24, 2.45) is 0 Å². The van der Waals surface area contributed by atoms with Crippen LogP contribution >= 0.6 is 7.52 Å². The molecule has 7 rings (SSSR count). The molecule has 3 aliphatic rings. The van der Waals surface area contributed by atoms with Crippen molar-refractivity contribution < 1.29 is 28.2 Å². The maximum absolute atomic E-state index is 14.4. The quantitative estimate of drug-likeness (QED) is 0.0912. The number of esters is 1. The van der Waals surface area contributed by atoms with Crippen LogP contribution < -0.4 is 20.4 Å². The highest BCUT2D eigenvalue weighted by molar-refractivity contribution is 7.56. The number of nitrogens with zero attached hydrogens (tertiary/aromatic N) is 3. The van der Waals surface area contributed by atoms with Crippen LogP contribution in [0.3, 0.4) is 0 Å². The Hall–Kier alpha value is -4.61. The number of amides is 2. The number of hydrazine groups is 1. The molecule has 3 saturated heterocycles. The monoisotopic (exact) mass is 780 g/mol. The van der Waals surface area contributed by atoms with E-state index in [0.29, 0.717) is 35.6 Å². The van der Waals surface area contributed by atoms with Gasteiger partial charge in [0.1, 0.15) is 17.8 Å². The van der Waals surface area contributed by atoms with Gasteiger partial charge in [0, 0.05) is 43.0 Å². The average Bonchev–Trinajstić information content (AvgIpc) is 3.84. The molecule has 13 heteroatoms. The Morgan fingerprint density at radius 2 is 1.77 bits per heavy atom. The van der Waals surface area contributed by atoms with E-state index in [1.807, 2.05) is 54.4 Å². The van der Waals surface area contributed by atoms with Crippen LogP contribution in [0.1, 0.15) is 92.6 Å². The number of rotatable bonds is 14. The van der Waals surface area contributed by atoms with Crippen LogP contribution in [0, 0.1) is 0 Å². The first-order valence-electron chi connectivity index (χ1n) is 20.0. The molecule has 1 aromatic heterocycles. The van der Waals surface area contributed by atoms with Crippen molar-refractivity contribution in [1.82, 2.24) is 30.7 Å². The lowest BCUT2D eigenvalue weighted by molar-refractivity contribution is -0.145. The molecular weight excluding hydrogens is 727 g/mol. The minimum atomic E-state index is -3.68. The van der Waals surface area contributed by atoms with E-state index in [4.69, 9.17) is 9.26 Å². The molecule has 56 heavy (non-hydrogen) atoms. The second-order valence-electron chi connectivity index (χ2n) is 15.3. The predicted molar refractivity (Wildman–Crippen MR) is 216 cm³/mol. The number of nitrogens with one attached hydrogen (secondary N) is 3. The first-order chi connectivity index (χ1) is 27.2. The third-order valence-electron chi connectivity index (χ3n) is 11.1. The summed E-state index contributed by atoms with van der Waals surface area (Å²) in [6, 6.07) is 22.7. The summed E-state index contributed by atoms with van der Waals surface area (Å²) in [4.78, 5) is 47.1. The highest BCUT2D eigenvalue weighted by atomic mass is 31.2. The van der Waals surface area contributed by atoms with E-state index in [9.17, 15) is 18.9 Å². The number of fused-ring (bicyclic) bond motifs is 2. The lowest BCUT2D eigenvalue weighted by Gasteiger charge is -2.37. The topological polar surface area (TPSA) is 142 Å². The Morgan fingerprint density at radius 1 is 0.946 bits per heavy atom. The zero-order valence-corrected chi connectivity index (χ0v) is 33.2. The molecule has 0 radical (unpaired) electrons. The van der Waals surface area contributed by atoms with Crippen LogP contribution in [0.5, 0.6) is 5.75 Å².